The fourth-order valence-electron chi connectivity index (χ4n) is 1.09. The van der Waals surface area contributed by atoms with E-state index in [0.29, 0.717) is 5.69 Å². The molecule has 0 saturated heterocycles. The maximum Gasteiger partial charge on any atom is 0.161 e. The van der Waals surface area contributed by atoms with Crippen molar-refractivity contribution in [3.05, 3.63) is 30.1 Å². The number of aliphatic imine (C=N–C) groups is 1. The SMILES string of the molecule is Fc1ccccc1NC1=NCCS1. The second-order valence-corrected chi connectivity index (χ2v) is 3.72. The lowest BCUT2D eigenvalue weighted by molar-refractivity contribution is 0.632. The summed E-state index contributed by atoms with van der Waals surface area (Å²) in [6.45, 7) is 0.821. The second kappa shape index (κ2) is 3.79. The highest BCUT2D eigenvalue weighted by molar-refractivity contribution is 8.14. The molecule has 68 valence electrons. The molecule has 0 aliphatic carbocycles. The van der Waals surface area contributed by atoms with Gasteiger partial charge < -0.3 is 5.32 Å². The summed E-state index contributed by atoms with van der Waals surface area (Å²) in [4.78, 5) is 4.17. The van der Waals surface area contributed by atoms with Crippen molar-refractivity contribution < 1.29 is 4.39 Å². The van der Waals surface area contributed by atoms with E-state index in [1.165, 1.54) is 6.07 Å². The smallest absolute Gasteiger partial charge is 0.161 e. The summed E-state index contributed by atoms with van der Waals surface area (Å²) in [5.74, 6) is 0.745. The van der Waals surface area contributed by atoms with Crippen LogP contribution < -0.4 is 5.32 Å². The Hall–Kier alpha value is -1.03. The number of nitrogens with one attached hydrogen (secondary N) is 1. The Kier molecular flexibility index (Phi) is 2.49. The molecule has 0 radical (unpaired) electrons. The number of thioether (sulfide) groups is 1. The van der Waals surface area contributed by atoms with Gasteiger partial charge in [-0.05, 0) is 12.1 Å². The standard InChI is InChI=1S/C9H9FN2S/c10-7-3-1-2-4-8(7)12-9-11-5-6-13-9/h1-4H,5-6H2,(H,11,12). The van der Waals surface area contributed by atoms with Crippen LogP contribution in [0.15, 0.2) is 29.3 Å². The number of anilines is 1. The number of nitrogens with zero attached hydrogens (tertiary/aromatic N) is 1. The summed E-state index contributed by atoms with van der Waals surface area (Å²) in [6.07, 6.45) is 0. The van der Waals surface area contributed by atoms with E-state index in [-0.39, 0.29) is 5.82 Å². The van der Waals surface area contributed by atoms with Crippen LogP contribution in [0.2, 0.25) is 0 Å². The Morgan fingerprint density at radius 2 is 2.23 bits per heavy atom. The molecule has 0 saturated carbocycles. The van der Waals surface area contributed by atoms with Crippen LogP contribution >= 0.6 is 11.8 Å². The van der Waals surface area contributed by atoms with Crippen molar-refractivity contribution in [1.29, 1.82) is 0 Å². The Balaban J connectivity index is 2.13. The van der Waals surface area contributed by atoms with E-state index in [2.05, 4.69) is 10.3 Å². The molecule has 0 amide bonds. The predicted octanol–water partition coefficient (Wildman–Crippen LogP) is 2.34. The first-order valence-corrected chi connectivity index (χ1v) is 5.03. The molecule has 1 aliphatic heterocycles. The monoisotopic (exact) mass is 196 g/mol. The van der Waals surface area contributed by atoms with Gasteiger partial charge in [-0.25, -0.2) is 4.39 Å². The van der Waals surface area contributed by atoms with Crippen molar-refractivity contribution in [2.75, 3.05) is 17.6 Å². The van der Waals surface area contributed by atoms with Crippen LogP contribution in [0.25, 0.3) is 0 Å². The lowest BCUT2D eigenvalue weighted by Crippen LogP contribution is -2.06. The first-order valence-electron chi connectivity index (χ1n) is 4.05. The number of rotatable bonds is 1. The van der Waals surface area contributed by atoms with Crippen LogP contribution in [-0.4, -0.2) is 17.5 Å². The summed E-state index contributed by atoms with van der Waals surface area (Å²) < 4.78 is 13.1. The molecule has 1 N–H and O–H groups in total. The summed E-state index contributed by atoms with van der Waals surface area (Å²) in [5.41, 5.74) is 0.496. The van der Waals surface area contributed by atoms with Gasteiger partial charge in [-0.1, -0.05) is 23.9 Å². The fourth-order valence-corrected chi connectivity index (χ4v) is 1.83. The van der Waals surface area contributed by atoms with E-state index >= 15 is 0 Å². The molecule has 2 rings (SSSR count). The molecule has 1 heterocycles. The van der Waals surface area contributed by atoms with Gasteiger partial charge in [0.05, 0.1) is 12.2 Å². The topological polar surface area (TPSA) is 24.4 Å². The summed E-state index contributed by atoms with van der Waals surface area (Å²) >= 11 is 1.62. The predicted molar refractivity (Wildman–Crippen MR) is 54.8 cm³/mol. The quantitative estimate of drug-likeness (QED) is 0.745. The lowest BCUT2D eigenvalue weighted by Gasteiger charge is -2.04. The van der Waals surface area contributed by atoms with Crippen LogP contribution in [0.5, 0.6) is 0 Å². The van der Waals surface area contributed by atoms with Crippen molar-refractivity contribution >= 4 is 22.6 Å². The highest BCUT2D eigenvalue weighted by atomic mass is 32.2. The second-order valence-electron chi connectivity index (χ2n) is 2.64. The van der Waals surface area contributed by atoms with Crippen LogP contribution in [0.4, 0.5) is 10.1 Å². The Morgan fingerprint density at radius 1 is 1.38 bits per heavy atom. The third-order valence-electron chi connectivity index (χ3n) is 1.70. The molecule has 1 aliphatic rings. The molecule has 2 nitrogen and oxygen atoms in total. The molecule has 0 bridgehead atoms. The first-order chi connectivity index (χ1) is 6.36. The highest BCUT2D eigenvalue weighted by Gasteiger charge is 2.08. The minimum atomic E-state index is -0.238. The Labute approximate surface area is 80.3 Å². The van der Waals surface area contributed by atoms with Gasteiger partial charge in [-0.2, -0.15) is 0 Å². The van der Waals surface area contributed by atoms with E-state index < -0.39 is 0 Å². The molecule has 13 heavy (non-hydrogen) atoms. The molecule has 0 atom stereocenters. The van der Waals surface area contributed by atoms with Gasteiger partial charge in [0.2, 0.25) is 0 Å². The van der Waals surface area contributed by atoms with Gasteiger partial charge in [-0.3, -0.25) is 4.99 Å². The van der Waals surface area contributed by atoms with Crippen LogP contribution in [0.3, 0.4) is 0 Å². The number of benzene rings is 1. The lowest BCUT2D eigenvalue weighted by atomic mass is 10.3. The largest absolute Gasteiger partial charge is 0.333 e. The summed E-state index contributed by atoms with van der Waals surface area (Å²) in [7, 11) is 0. The van der Waals surface area contributed by atoms with Crippen molar-refractivity contribution in [3.63, 3.8) is 0 Å². The van der Waals surface area contributed by atoms with Crippen LogP contribution in [0.1, 0.15) is 0 Å². The molecular formula is C9H9FN2S. The van der Waals surface area contributed by atoms with E-state index in [9.17, 15) is 4.39 Å². The molecule has 1 aromatic rings. The number of hydrogen-bond donors (Lipinski definition) is 1. The maximum absolute atomic E-state index is 13.1. The molecule has 0 fully saturated rings. The van der Waals surface area contributed by atoms with Crippen molar-refractivity contribution in [2.24, 2.45) is 4.99 Å². The molecule has 0 unspecified atom stereocenters. The van der Waals surface area contributed by atoms with Gasteiger partial charge in [0.15, 0.2) is 5.17 Å². The Bertz CT molecular complexity index is 338. The number of halogens is 1. The van der Waals surface area contributed by atoms with Crippen molar-refractivity contribution in [1.82, 2.24) is 0 Å². The normalized spacial score (nSPS) is 15.6. The number of para-hydroxylation sites is 1. The third-order valence-corrected chi connectivity index (χ3v) is 2.59. The van der Waals surface area contributed by atoms with E-state index in [4.69, 9.17) is 0 Å². The third kappa shape index (κ3) is 2.01. The summed E-state index contributed by atoms with van der Waals surface area (Å²) in [5, 5.41) is 3.76. The molecular weight excluding hydrogens is 187 g/mol. The van der Waals surface area contributed by atoms with Gasteiger partial charge in [-0.15, -0.1) is 0 Å². The average molecular weight is 196 g/mol. The fraction of sp³-hybridized carbons (Fsp3) is 0.222. The van der Waals surface area contributed by atoms with Crippen molar-refractivity contribution in [3.8, 4) is 0 Å². The first kappa shape index (κ1) is 8.56. The van der Waals surface area contributed by atoms with Gasteiger partial charge >= 0.3 is 0 Å². The van der Waals surface area contributed by atoms with E-state index in [1.54, 1.807) is 30.0 Å². The minimum absolute atomic E-state index is 0.238. The number of hydrogen-bond acceptors (Lipinski definition) is 3. The molecule has 0 aromatic heterocycles. The van der Waals surface area contributed by atoms with Gasteiger partial charge in [0.25, 0.3) is 0 Å². The van der Waals surface area contributed by atoms with Gasteiger partial charge in [0.1, 0.15) is 5.82 Å². The van der Waals surface area contributed by atoms with E-state index in [0.717, 1.165) is 17.5 Å². The van der Waals surface area contributed by atoms with Crippen LogP contribution in [-0.2, 0) is 0 Å². The maximum atomic E-state index is 13.1. The molecule has 4 heteroatoms. The summed E-state index contributed by atoms with van der Waals surface area (Å²) in [6, 6.07) is 6.61. The minimum Gasteiger partial charge on any atom is -0.333 e. The zero-order valence-electron chi connectivity index (χ0n) is 6.96. The highest BCUT2D eigenvalue weighted by Crippen LogP contribution is 2.18. The molecule has 1 aromatic carbocycles. The average Bonchev–Trinajstić information content (AvgIpc) is 2.61. The van der Waals surface area contributed by atoms with E-state index in [1.807, 2.05) is 0 Å². The zero-order chi connectivity index (χ0) is 9.10. The molecule has 0 spiro atoms. The number of amidine groups is 1. The van der Waals surface area contributed by atoms with Crippen molar-refractivity contribution in [2.45, 2.75) is 0 Å². The van der Waals surface area contributed by atoms with Crippen LogP contribution in [0, 0.1) is 5.82 Å². The Morgan fingerprint density at radius 3 is 2.92 bits per heavy atom. The van der Waals surface area contributed by atoms with Gasteiger partial charge in [0, 0.05) is 5.75 Å². The zero-order valence-corrected chi connectivity index (χ0v) is 7.77.